The van der Waals surface area contributed by atoms with E-state index in [1.54, 1.807) is 9.80 Å². The highest BCUT2D eigenvalue weighted by Gasteiger charge is 2.31. The first-order valence-corrected chi connectivity index (χ1v) is 12.1. The standard InChI is InChI=1S/C26H28N6O4/c1-3-23-28-29-24(36-23)19-11-14-31-16-20(27-22(31)15-19)17-32(21-7-5-4-6-8-21)25(33)18-9-12-30(13-10-18)26(34)35-2/h4-8,11,14-16,18H,3,9-10,12-13,17H2,1-2H3. The Morgan fingerprint density at radius 1 is 1.14 bits per heavy atom. The maximum absolute atomic E-state index is 13.7. The summed E-state index contributed by atoms with van der Waals surface area (Å²) in [5.74, 6) is 0.892. The maximum atomic E-state index is 13.7. The molecule has 3 aromatic heterocycles. The SMILES string of the molecule is CCc1nnc(-c2ccn3cc(CN(C(=O)C4CCN(C(=O)OC)CC4)c4ccccc4)nc3c2)o1. The van der Waals surface area contributed by atoms with Crippen molar-refractivity contribution in [3.05, 3.63) is 66.4 Å². The molecule has 0 aliphatic carbocycles. The van der Waals surface area contributed by atoms with Crippen LogP contribution < -0.4 is 4.90 Å². The van der Waals surface area contributed by atoms with Crippen molar-refractivity contribution in [3.8, 4) is 11.5 Å². The molecular formula is C26H28N6O4. The fourth-order valence-corrected chi connectivity index (χ4v) is 4.48. The van der Waals surface area contributed by atoms with Gasteiger partial charge < -0.3 is 23.4 Å². The molecule has 1 aliphatic heterocycles. The third-order valence-electron chi connectivity index (χ3n) is 6.46. The number of fused-ring (bicyclic) bond motifs is 1. The lowest BCUT2D eigenvalue weighted by atomic mass is 9.95. The number of aryl methyl sites for hydroxylation is 1. The van der Waals surface area contributed by atoms with Crippen LogP contribution in [-0.4, -0.2) is 56.7 Å². The third-order valence-corrected chi connectivity index (χ3v) is 6.46. The van der Waals surface area contributed by atoms with Crippen LogP contribution in [0.2, 0.25) is 0 Å². The van der Waals surface area contributed by atoms with Crippen molar-refractivity contribution < 1.29 is 18.7 Å². The van der Waals surface area contributed by atoms with Crippen LogP contribution in [0.3, 0.4) is 0 Å². The number of methoxy groups -OCH3 is 1. The van der Waals surface area contributed by atoms with E-state index < -0.39 is 0 Å². The Morgan fingerprint density at radius 2 is 1.92 bits per heavy atom. The number of nitrogens with zero attached hydrogens (tertiary/aromatic N) is 6. The minimum Gasteiger partial charge on any atom is -0.453 e. The average molecular weight is 489 g/mol. The molecule has 0 unspecified atom stereocenters. The van der Waals surface area contributed by atoms with Gasteiger partial charge in [0.05, 0.1) is 19.3 Å². The molecule has 0 radical (unpaired) electrons. The Morgan fingerprint density at radius 3 is 2.61 bits per heavy atom. The van der Waals surface area contributed by atoms with Crippen LogP contribution >= 0.6 is 0 Å². The van der Waals surface area contributed by atoms with Gasteiger partial charge in [-0.25, -0.2) is 9.78 Å². The molecular weight excluding hydrogens is 460 g/mol. The van der Waals surface area contributed by atoms with Crippen molar-refractivity contribution >= 4 is 23.3 Å². The molecule has 0 spiro atoms. The summed E-state index contributed by atoms with van der Waals surface area (Å²) in [6.45, 7) is 3.29. The van der Waals surface area contributed by atoms with Gasteiger partial charge >= 0.3 is 6.09 Å². The van der Waals surface area contributed by atoms with Gasteiger partial charge in [-0.1, -0.05) is 25.1 Å². The van der Waals surface area contributed by atoms with Crippen LogP contribution in [0.15, 0.2) is 59.3 Å². The predicted molar refractivity (Wildman–Crippen MR) is 132 cm³/mol. The van der Waals surface area contributed by atoms with Gasteiger partial charge in [-0.2, -0.15) is 0 Å². The number of carbonyl (C=O) groups excluding carboxylic acids is 2. The number of carbonyl (C=O) groups is 2. The Bertz CT molecular complexity index is 1360. The van der Waals surface area contributed by atoms with Crippen LogP contribution in [0.25, 0.3) is 17.1 Å². The number of aromatic nitrogens is 4. The second-order valence-corrected chi connectivity index (χ2v) is 8.76. The number of hydrogen-bond acceptors (Lipinski definition) is 7. The molecule has 5 rings (SSSR count). The predicted octanol–water partition coefficient (Wildman–Crippen LogP) is 3.96. The highest BCUT2D eigenvalue weighted by atomic mass is 16.5. The molecule has 0 atom stereocenters. The number of benzene rings is 1. The lowest BCUT2D eigenvalue weighted by molar-refractivity contribution is -0.123. The fourth-order valence-electron chi connectivity index (χ4n) is 4.48. The van der Waals surface area contributed by atoms with E-state index >= 15 is 0 Å². The van der Waals surface area contributed by atoms with Crippen molar-refractivity contribution in [2.24, 2.45) is 5.92 Å². The second-order valence-electron chi connectivity index (χ2n) is 8.76. The first kappa shape index (κ1) is 23.5. The van der Waals surface area contributed by atoms with Gasteiger partial charge in [0.25, 0.3) is 0 Å². The molecule has 186 valence electrons. The number of piperidine rings is 1. The quantitative estimate of drug-likeness (QED) is 0.404. The molecule has 36 heavy (non-hydrogen) atoms. The highest BCUT2D eigenvalue weighted by molar-refractivity contribution is 5.95. The molecule has 4 aromatic rings. The fraction of sp³-hybridized carbons (Fsp3) is 0.346. The first-order chi connectivity index (χ1) is 17.6. The number of pyridine rings is 1. The molecule has 10 heteroatoms. The summed E-state index contributed by atoms with van der Waals surface area (Å²) < 4.78 is 12.4. The van der Waals surface area contributed by atoms with Crippen molar-refractivity contribution in [1.29, 1.82) is 0 Å². The smallest absolute Gasteiger partial charge is 0.409 e. The molecule has 1 aromatic carbocycles. The van der Waals surface area contributed by atoms with E-state index in [0.29, 0.717) is 50.7 Å². The summed E-state index contributed by atoms with van der Waals surface area (Å²) >= 11 is 0. The monoisotopic (exact) mass is 488 g/mol. The minimum atomic E-state index is -0.351. The van der Waals surface area contributed by atoms with E-state index in [1.807, 2.05) is 66.2 Å². The van der Waals surface area contributed by atoms with Gasteiger partial charge in [0, 0.05) is 49.1 Å². The van der Waals surface area contributed by atoms with Gasteiger partial charge in [0.2, 0.25) is 17.7 Å². The topological polar surface area (TPSA) is 106 Å². The van der Waals surface area contributed by atoms with Gasteiger partial charge in [-0.05, 0) is 37.1 Å². The van der Waals surface area contributed by atoms with Crippen molar-refractivity contribution in [1.82, 2.24) is 24.5 Å². The van der Waals surface area contributed by atoms with Gasteiger partial charge in [-0.15, -0.1) is 10.2 Å². The van der Waals surface area contributed by atoms with Crippen LogP contribution in [0.5, 0.6) is 0 Å². The van der Waals surface area contributed by atoms with Crippen molar-refractivity contribution in [2.75, 3.05) is 25.1 Å². The Balaban J connectivity index is 1.38. The summed E-state index contributed by atoms with van der Waals surface area (Å²) in [6.07, 6.45) is 5.33. The number of ether oxygens (including phenoxy) is 1. The first-order valence-electron chi connectivity index (χ1n) is 12.1. The maximum Gasteiger partial charge on any atom is 0.409 e. The van der Waals surface area contributed by atoms with E-state index in [9.17, 15) is 9.59 Å². The summed E-state index contributed by atoms with van der Waals surface area (Å²) in [6, 6.07) is 13.4. The number of hydrogen-bond donors (Lipinski definition) is 0. The zero-order chi connectivity index (χ0) is 25.1. The number of likely N-dealkylation sites (tertiary alicyclic amines) is 1. The van der Waals surface area contributed by atoms with Crippen LogP contribution in [0.4, 0.5) is 10.5 Å². The second kappa shape index (κ2) is 10.2. The zero-order valence-corrected chi connectivity index (χ0v) is 20.3. The molecule has 1 saturated heterocycles. The molecule has 0 saturated carbocycles. The number of rotatable bonds is 6. The normalized spacial score (nSPS) is 14.2. The lowest BCUT2D eigenvalue weighted by Crippen LogP contribution is -2.44. The van der Waals surface area contributed by atoms with Crippen molar-refractivity contribution in [2.45, 2.75) is 32.7 Å². The minimum absolute atomic E-state index is 0.0291. The van der Waals surface area contributed by atoms with E-state index in [4.69, 9.17) is 14.1 Å². The summed E-state index contributed by atoms with van der Waals surface area (Å²) in [7, 11) is 1.37. The highest BCUT2D eigenvalue weighted by Crippen LogP contribution is 2.26. The average Bonchev–Trinajstić information content (AvgIpc) is 3.58. The number of para-hydroxylation sites is 1. The van der Waals surface area contributed by atoms with Gasteiger partial charge in [0.15, 0.2) is 0 Å². The molecule has 0 bridgehead atoms. The van der Waals surface area contributed by atoms with Gasteiger partial charge in [0.1, 0.15) is 5.65 Å². The van der Waals surface area contributed by atoms with Crippen molar-refractivity contribution in [3.63, 3.8) is 0 Å². The van der Waals surface area contributed by atoms with Crippen LogP contribution in [0.1, 0.15) is 31.4 Å². The molecule has 0 N–H and O–H groups in total. The lowest BCUT2D eigenvalue weighted by Gasteiger charge is -2.33. The van der Waals surface area contributed by atoms with E-state index in [2.05, 4.69) is 10.2 Å². The Kier molecular flexibility index (Phi) is 6.66. The molecule has 1 fully saturated rings. The van der Waals surface area contributed by atoms with Crippen LogP contribution in [0, 0.1) is 5.92 Å². The van der Waals surface area contributed by atoms with Crippen LogP contribution in [-0.2, 0) is 22.5 Å². The molecule has 2 amide bonds. The summed E-state index contributed by atoms with van der Waals surface area (Å²) in [4.78, 5) is 33.7. The summed E-state index contributed by atoms with van der Waals surface area (Å²) in [5.41, 5.74) is 3.09. The largest absolute Gasteiger partial charge is 0.453 e. The van der Waals surface area contributed by atoms with Gasteiger partial charge in [-0.3, -0.25) is 4.79 Å². The Hall–Kier alpha value is -4.21. The number of anilines is 1. The Labute approximate surface area is 208 Å². The molecule has 4 heterocycles. The zero-order valence-electron chi connectivity index (χ0n) is 20.3. The summed E-state index contributed by atoms with van der Waals surface area (Å²) in [5, 5.41) is 8.15. The van der Waals surface area contributed by atoms with E-state index in [1.165, 1.54) is 7.11 Å². The third kappa shape index (κ3) is 4.79. The molecule has 10 nitrogen and oxygen atoms in total. The molecule has 1 aliphatic rings. The van der Waals surface area contributed by atoms with E-state index in [-0.39, 0.29) is 17.9 Å². The number of imidazole rings is 1. The van der Waals surface area contributed by atoms with E-state index in [0.717, 1.165) is 22.6 Å². The number of amides is 2.